The number of aliphatic hydroxyl groups is 1. The van der Waals surface area contributed by atoms with Crippen molar-refractivity contribution in [3.63, 3.8) is 0 Å². The van der Waals surface area contributed by atoms with Crippen molar-refractivity contribution >= 4 is 0 Å². The minimum Gasteiger partial charge on any atom is -0.385 e. The SMILES string of the molecule is CCCC1C(C(O)(Cc2ccccc2)c2ccc(C)cc2)CC1(C)CCC. The summed E-state index contributed by atoms with van der Waals surface area (Å²) in [6.45, 7) is 9.13. The van der Waals surface area contributed by atoms with Crippen LogP contribution in [0, 0.1) is 24.2 Å². The number of benzene rings is 2. The van der Waals surface area contributed by atoms with E-state index in [2.05, 4.69) is 82.3 Å². The third-order valence-electron chi connectivity index (χ3n) is 6.97. The molecule has 1 heteroatoms. The fourth-order valence-corrected chi connectivity index (χ4v) is 5.54. The highest BCUT2D eigenvalue weighted by atomic mass is 16.3. The highest BCUT2D eigenvalue weighted by molar-refractivity contribution is 5.32. The Labute approximate surface area is 165 Å². The zero-order chi connectivity index (χ0) is 19.5. The second-order valence-corrected chi connectivity index (χ2v) is 9.06. The molecule has 1 aliphatic rings. The van der Waals surface area contributed by atoms with Crippen molar-refractivity contribution in [3.05, 3.63) is 71.3 Å². The number of aryl methyl sites for hydroxylation is 1. The largest absolute Gasteiger partial charge is 0.385 e. The molecule has 0 amide bonds. The van der Waals surface area contributed by atoms with Gasteiger partial charge < -0.3 is 5.11 Å². The summed E-state index contributed by atoms with van der Waals surface area (Å²) in [4.78, 5) is 0. The first kappa shape index (κ1) is 20.1. The minimum absolute atomic E-state index is 0.330. The predicted octanol–water partition coefficient (Wildman–Crippen LogP) is 6.67. The van der Waals surface area contributed by atoms with Crippen LogP contribution in [0.15, 0.2) is 54.6 Å². The summed E-state index contributed by atoms with van der Waals surface area (Å²) >= 11 is 0. The van der Waals surface area contributed by atoms with Gasteiger partial charge >= 0.3 is 0 Å². The van der Waals surface area contributed by atoms with Crippen LogP contribution in [0.1, 0.15) is 69.6 Å². The van der Waals surface area contributed by atoms with Gasteiger partial charge in [-0.25, -0.2) is 0 Å². The van der Waals surface area contributed by atoms with Crippen LogP contribution in [0.3, 0.4) is 0 Å². The molecule has 0 spiro atoms. The Morgan fingerprint density at radius 2 is 1.67 bits per heavy atom. The maximum Gasteiger partial charge on any atom is 0.0967 e. The molecule has 1 fully saturated rings. The normalized spacial score (nSPS) is 27.0. The Balaban J connectivity index is 1.98. The third-order valence-corrected chi connectivity index (χ3v) is 6.97. The van der Waals surface area contributed by atoms with Crippen LogP contribution < -0.4 is 0 Å². The van der Waals surface area contributed by atoms with Crippen LogP contribution in [-0.4, -0.2) is 5.11 Å². The fourth-order valence-electron chi connectivity index (χ4n) is 5.54. The van der Waals surface area contributed by atoms with Crippen molar-refractivity contribution in [2.75, 3.05) is 0 Å². The zero-order valence-electron chi connectivity index (χ0n) is 17.5. The van der Waals surface area contributed by atoms with Gasteiger partial charge in [0, 0.05) is 6.42 Å². The lowest BCUT2D eigenvalue weighted by Crippen LogP contribution is -2.56. The van der Waals surface area contributed by atoms with Gasteiger partial charge in [-0.05, 0) is 54.6 Å². The molecule has 27 heavy (non-hydrogen) atoms. The smallest absolute Gasteiger partial charge is 0.0967 e. The Morgan fingerprint density at radius 1 is 1.00 bits per heavy atom. The molecule has 0 heterocycles. The lowest BCUT2D eigenvalue weighted by molar-refractivity contribution is -0.163. The van der Waals surface area contributed by atoms with Gasteiger partial charge in [-0.2, -0.15) is 0 Å². The summed E-state index contributed by atoms with van der Waals surface area (Å²) in [5, 5.41) is 12.1. The van der Waals surface area contributed by atoms with Crippen molar-refractivity contribution in [1.29, 1.82) is 0 Å². The first-order valence-electron chi connectivity index (χ1n) is 10.8. The van der Waals surface area contributed by atoms with Gasteiger partial charge in [0.2, 0.25) is 0 Å². The van der Waals surface area contributed by atoms with Gasteiger partial charge in [0.25, 0.3) is 0 Å². The van der Waals surface area contributed by atoms with Crippen LogP contribution >= 0.6 is 0 Å². The highest BCUT2D eigenvalue weighted by Gasteiger charge is 2.57. The average Bonchev–Trinajstić information content (AvgIpc) is 2.66. The molecule has 0 bridgehead atoms. The third kappa shape index (κ3) is 3.99. The van der Waals surface area contributed by atoms with Crippen LogP contribution in [0.4, 0.5) is 0 Å². The van der Waals surface area contributed by atoms with Crippen molar-refractivity contribution in [2.45, 2.75) is 71.8 Å². The summed E-state index contributed by atoms with van der Waals surface area (Å²) in [5.41, 5.74) is 3.14. The van der Waals surface area contributed by atoms with E-state index in [1.165, 1.54) is 36.8 Å². The Hall–Kier alpha value is -1.60. The summed E-state index contributed by atoms with van der Waals surface area (Å²) in [6.07, 6.45) is 6.72. The molecule has 4 atom stereocenters. The lowest BCUT2D eigenvalue weighted by Gasteiger charge is -2.59. The van der Waals surface area contributed by atoms with E-state index in [0.29, 0.717) is 23.7 Å². The van der Waals surface area contributed by atoms with Crippen molar-refractivity contribution in [1.82, 2.24) is 0 Å². The van der Waals surface area contributed by atoms with Crippen molar-refractivity contribution in [3.8, 4) is 0 Å². The van der Waals surface area contributed by atoms with E-state index in [9.17, 15) is 5.11 Å². The molecule has 1 aliphatic carbocycles. The molecule has 0 aromatic heterocycles. The number of hydrogen-bond acceptors (Lipinski definition) is 1. The van der Waals surface area contributed by atoms with Crippen molar-refractivity contribution in [2.24, 2.45) is 17.3 Å². The maximum absolute atomic E-state index is 12.1. The van der Waals surface area contributed by atoms with Gasteiger partial charge in [0.15, 0.2) is 0 Å². The van der Waals surface area contributed by atoms with Gasteiger partial charge in [0.1, 0.15) is 0 Å². The summed E-state index contributed by atoms with van der Waals surface area (Å²) in [5.74, 6) is 0.925. The van der Waals surface area contributed by atoms with E-state index >= 15 is 0 Å². The predicted molar refractivity (Wildman–Crippen MR) is 115 cm³/mol. The van der Waals surface area contributed by atoms with Gasteiger partial charge in [-0.15, -0.1) is 0 Å². The molecule has 4 unspecified atom stereocenters. The quantitative estimate of drug-likeness (QED) is 0.554. The average molecular weight is 365 g/mol. The van der Waals surface area contributed by atoms with E-state index in [4.69, 9.17) is 0 Å². The van der Waals surface area contributed by atoms with Crippen LogP contribution in [0.2, 0.25) is 0 Å². The van der Waals surface area contributed by atoms with E-state index in [1.54, 1.807) is 0 Å². The van der Waals surface area contributed by atoms with Gasteiger partial charge in [-0.3, -0.25) is 0 Å². The Kier molecular flexibility index (Phi) is 6.11. The second-order valence-electron chi connectivity index (χ2n) is 9.06. The standard InChI is InChI=1S/C26H36O/c1-5-10-23-24(19-25(23,4)17-6-2)26(27,18-21-11-8-7-9-12-21)22-15-13-20(3)14-16-22/h7-9,11-16,23-24,27H,5-6,10,17-19H2,1-4H3. The maximum atomic E-state index is 12.1. The first-order chi connectivity index (χ1) is 12.9. The molecule has 1 saturated carbocycles. The van der Waals surface area contributed by atoms with Crippen LogP contribution in [0.25, 0.3) is 0 Å². The monoisotopic (exact) mass is 364 g/mol. The van der Waals surface area contributed by atoms with Gasteiger partial charge in [-0.1, -0.05) is 93.8 Å². The second kappa shape index (κ2) is 8.19. The molecular formula is C26H36O. The molecule has 0 saturated heterocycles. The van der Waals surface area contributed by atoms with Crippen molar-refractivity contribution < 1.29 is 5.11 Å². The number of rotatable bonds is 8. The summed E-state index contributed by atoms with van der Waals surface area (Å²) < 4.78 is 0. The molecule has 0 aliphatic heterocycles. The van der Waals surface area contributed by atoms with E-state index in [1.807, 2.05) is 0 Å². The molecule has 1 N–H and O–H groups in total. The summed E-state index contributed by atoms with van der Waals surface area (Å²) in [7, 11) is 0. The molecule has 0 radical (unpaired) electrons. The fraction of sp³-hybridized carbons (Fsp3) is 0.538. The molecule has 1 nitrogen and oxygen atoms in total. The first-order valence-corrected chi connectivity index (χ1v) is 10.8. The molecule has 2 aromatic carbocycles. The number of hydrogen-bond donors (Lipinski definition) is 1. The minimum atomic E-state index is -0.790. The Morgan fingerprint density at radius 3 is 2.26 bits per heavy atom. The molecule has 146 valence electrons. The van der Waals surface area contributed by atoms with Gasteiger partial charge in [0.05, 0.1) is 5.60 Å². The highest BCUT2D eigenvalue weighted by Crippen LogP contribution is 2.61. The van der Waals surface area contributed by atoms with E-state index in [0.717, 1.165) is 12.0 Å². The van der Waals surface area contributed by atoms with E-state index in [-0.39, 0.29) is 0 Å². The molecule has 2 aromatic rings. The van der Waals surface area contributed by atoms with Crippen LogP contribution in [-0.2, 0) is 12.0 Å². The topological polar surface area (TPSA) is 20.2 Å². The molecular weight excluding hydrogens is 328 g/mol. The van der Waals surface area contributed by atoms with Crippen LogP contribution in [0.5, 0.6) is 0 Å². The zero-order valence-corrected chi connectivity index (χ0v) is 17.5. The molecule has 3 rings (SSSR count). The van der Waals surface area contributed by atoms with E-state index < -0.39 is 5.60 Å². The summed E-state index contributed by atoms with van der Waals surface area (Å²) in [6, 6.07) is 19.1. The lowest BCUT2D eigenvalue weighted by atomic mass is 9.46. The Bertz CT molecular complexity index is 720.